The van der Waals surface area contributed by atoms with Crippen molar-refractivity contribution in [3.8, 4) is 34.1 Å². The highest BCUT2D eigenvalue weighted by molar-refractivity contribution is 7.86. The summed E-state index contributed by atoms with van der Waals surface area (Å²) in [6, 6.07) is 26.7. The van der Waals surface area contributed by atoms with Gasteiger partial charge in [0.05, 0.1) is 4.90 Å². The Balaban J connectivity index is 1.18. The third-order valence-electron chi connectivity index (χ3n) is 8.79. The Morgan fingerprint density at radius 1 is 0.441 bits per heavy atom. The predicted octanol–water partition coefficient (Wildman–Crippen LogP) is 8.80. The summed E-state index contributed by atoms with van der Waals surface area (Å²) in [5, 5.41) is 62.5. The van der Waals surface area contributed by atoms with Crippen molar-refractivity contribution >= 4 is 86.0 Å². The summed E-state index contributed by atoms with van der Waals surface area (Å²) in [5.74, 6) is -2.59. The molecule has 0 aromatic heterocycles. The highest BCUT2D eigenvalue weighted by atomic mass is 32.2. The minimum atomic E-state index is -5.07. The van der Waals surface area contributed by atoms with Gasteiger partial charge in [-0.3, -0.25) is 13.7 Å². The fourth-order valence-electron chi connectivity index (χ4n) is 5.97. The third-order valence-corrected chi connectivity index (χ3v) is 11.4. The molecule has 0 amide bonds. The van der Waals surface area contributed by atoms with Gasteiger partial charge in [0.2, 0.25) is 0 Å². The number of phenols is 4. The molecule has 0 aliphatic carbocycles. The summed E-state index contributed by atoms with van der Waals surface area (Å²) in [4.78, 5) is -2.39. The SMILES string of the molecule is O=S(=O)(O)c1ccc2c(N=Nc3ccc(-c4ccc(N=Nc5c(S(=O)(=O)O)cc6ccc(Nc7ccccc7)cc6c5O)c(O)c4)cc3O)c(O)c(S(=O)(=O)O)cc2c1. The molecule has 300 valence electrons. The number of hydrogen-bond acceptors (Lipinski definition) is 15. The lowest BCUT2D eigenvalue weighted by Gasteiger charge is -2.12. The van der Waals surface area contributed by atoms with Crippen LogP contribution < -0.4 is 5.32 Å². The van der Waals surface area contributed by atoms with Crippen molar-refractivity contribution in [1.29, 1.82) is 0 Å². The monoisotopic (exact) mass is 857 g/mol. The van der Waals surface area contributed by atoms with Crippen LogP contribution in [0.2, 0.25) is 0 Å². The van der Waals surface area contributed by atoms with Crippen LogP contribution in [0.25, 0.3) is 32.7 Å². The second-order valence-electron chi connectivity index (χ2n) is 12.7. The number of rotatable bonds is 10. The van der Waals surface area contributed by atoms with Gasteiger partial charge < -0.3 is 25.7 Å². The van der Waals surface area contributed by atoms with Crippen LogP contribution in [-0.2, 0) is 30.4 Å². The number of nitrogens with zero attached hydrogens (tertiary/aromatic N) is 4. The number of phenolic OH excluding ortho intramolecular Hbond substituents is 4. The minimum absolute atomic E-state index is 0.0369. The van der Waals surface area contributed by atoms with Crippen LogP contribution in [0.3, 0.4) is 0 Å². The van der Waals surface area contributed by atoms with Crippen LogP contribution in [0.4, 0.5) is 34.1 Å². The Morgan fingerprint density at radius 3 is 1.58 bits per heavy atom. The summed E-state index contributed by atoms with van der Waals surface area (Å²) in [5.41, 5.74) is 0.447. The summed E-state index contributed by atoms with van der Waals surface area (Å²) in [6.45, 7) is 0. The molecule has 0 aliphatic rings. The zero-order valence-corrected chi connectivity index (χ0v) is 32.0. The van der Waals surface area contributed by atoms with Crippen LogP contribution in [-0.4, -0.2) is 59.3 Å². The van der Waals surface area contributed by atoms with E-state index in [9.17, 15) is 59.3 Å². The number of benzene rings is 7. The summed E-state index contributed by atoms with van der Waals surface area (Å²) in [6.07, 6.45) is 0. The van der Waals surface area contributed by atoms with Crippen molar-refractivity contribution in [2.75, 3.05) is 5.32 Å². The molecule has 0 bridgehead atoms. The van der Waals surface area contributed by atoms with Crippen LogP contribution in [0, 0.1) is 0 Å². The average Bonchev–Trinajstić information content (AvgIpc) is 3.17. The van der Waals surface area contributed by atoms with Gasteiger partial charge in [0, 0.05) is 22.1 Å². The second kappa shape index (κ2) is 15.1. The van der Waals surface area contributed by atoms with Gasteiger partial charge in [-0.05, 0) is 94.7 Å². The molecule has 21 heteroatoms. The number of fused-ring (bicyclic) bond motifs is 2. The first-order valence-corrected chi connectivity index (χ1v) is 20.9. The summed E-state index contributed by atoms with van der Waals surface area (Å²) >= 11 is 0. The van der Waals surface area contributed by atoms with E-state index < -0.39 is 79.4 Å². The van der Waals surface area contributed by atoms with Gasteiger partial charge in [-0.2, -0.15) is 25.3 Å². The molecule has 59 heavy (non-hydrogen) atoms. The normalized spacial score (nSPS) is 12.5. The number of aromatic hydroxyl groups is 4. The molecule has 0 saturated carbocycles. The molecule has 0 unspecified atom stereocenters. The molecule has 0 saturated heterocycles. The fraction of sp³-hybridized carbons (Fsp3) is 0. The zero-order valence-electron chi connectivity index (χ0n) is 29.6. The van der Waals surface area contributed by atoms with E-state index in [1.165, 1.54) is 42.5 Å². The molecule has 18 nitrogen and oxygen atoms in total. The van der Waals surface area contributed by atoms with E-state index in [0.717, 1.165) is 36.0 Å². The maximum atomic E-state index is 12.3. The van der Waals surface area contributed by atoms with Crippen molar-refractivity contribution in [2.45, 2.75) is 14.7 Å². The Labute approximate surface area is 334 Å². The number of nitrogens with one attached hydrogen (secondary N) is 1. The lowest BCUT2D eigenvalue weighted by atomic mass is 10.0. The standard InChI is InChI=1S/C38H27N5O13S3/c44-31-15-20(7-12-29(31)40-42-35-27-11-10-26(57(48,49)50)14-23(27)18-34(38(35)47)59(54,55)56)21-8-13-30(32(45)16-21)41-43-36-33(58(51,52)53)17-22-6-9-25(19-28(22)37(36)46)39-24-4-2-1-3-5-24/h1-19,39,44-47H,(H,48,49,50)(H,51,52,53)(H,54,55,56). The molecule has 0 heterocycles. The van der Waals surface area contributed by atoms with E-state index in [4.69, 9.17) is 0 Å². The molecule has 7 aromatic rings. The largest absolute Gasteiger partial charge is 0.506 e. The molecule has 7 rings (SSSR count). The van der Waals surface area contributed by atoms with Crippen LogP contribution in [0.1, 0.15) is 0 Å². The molecule has 0 spiro atoms. The van der Waals surface area contributed by atoms with Gasteiger partial charge >= 0.3 is 0 Å². The molecule has 8 N–H and O–H groups in total. The molecule has 0 atom stereocenters. The predicted molar refractivity (Wildman–Crippen MR) is 214 cm³/mol. The van der Waals surface area contributed by atoms with Crippen molar-refractivity contribution < 1.29 is 59.3 Å². The topological polar surface area (TPSA) is 305 Å². The van der Waals surface area contributed by atoms with Crippen molar-refractivity contribution in [1.82, 2.24) is 0 Å². The second-order valence-corrected chi connectivity index (χ2v) is 16.9. The number of hydrogen-bond donors (Lipinski definition) is 8. The van der Waals surface area contributed by atoms with Gasteiger partial charge in [0.1, 0.15) is 44.0 Å². The molecule has 0 aliphatic heterocycles. The quantitative estimate of drug-likeness (QED) is 0.0471. The van der Waals surface area contributed by atoms with Crippen molar-refractivity contribution in [3.05, 3.63) is 115 Å². The highest BCUT2D eigenvalue weighted by Gasteiger charge is 2.24. The third kappa shape index (κ3) is 8.36. The van der Waals surface area contributed by atoms with Crippen LogP contribution in [0.5, 0.6) is 23.0 Å². The molecule has 7 aromatic carbocycles. The Bertz CT molecular complexity index is 3270. The van der Waals surface area contributed by atoms with E-state index in [1.807, 2.05) is 30.3 Å². The minimum Gasteiger partial charge on any atom is -0.506 e. The van der Waals surface area contributed by atoms with Gasteiger partial charge in [-0.25, -0.2) is 0 Å². The van der Waals surface area contributed by atoms with Gasteiger partial charge in [0.15, 0.2) is 11.5 Å². The average molecular weight is 858 g/mol. The molecule has 0 fully saturated rings. The van der Waals surface area contributed by atoms with Gasteiger partial charge in [-0.15, -0.1) is 20.5 Å². The van der Waals surface area contributed by atoms with Gasteiger partial charge in [0.25, 0.3) is 30.4 Å². The number of anilines is 2. The molecule has 0 radical (unpaired) electrons. The Morgan fingerprint density at radius 2 is 1.02 bits per heavy atom. The zero-order chi connectivity index (χ0) is 42.4. The number of para-hydroxylation sites is 1. The van der Waals surface area contributed by atoms with E-state index in [0.29, 0.717) is 16.8 Å². The lowest BCUT2D eigenvalue weighted by Crippen LogP contribution is -2.00. The van der Waals surface area contributed by atoms with Gasteiger partial charge in [-0.1, -0.05) is 42.5 Å². The first kappa shape index (κ1) is 40.2. The first-order valence-electron chi connectivity index (χ1n) is 16.6. The van der Waals surface area contributed by atoms with Crippen molar-refractivity contribution in [3.63, 3.8) is 0 Å². The molecular formula is C38H27N5O13S3. The van der Waals surface area contributed by atoms with E-state index >= 15 is 0 Å². The Kier molecular flexibility index (Phi) is 10.3. The first-order chi connectivity index (χ1) is 27.8. The molecular weight excluding hydrogens is 831 g/mol. The number of azo groups is 2. The van der Waals surface area contributed by atoms with Crippen molar-refractivity contribution in [2.24, 2.45) is 20.5 Å². The Hall–Kier alpha value is -7.01. The van der Waals surface area contributed by atoms with Crippen LogP contribution >= 0.6 is 0 Å². The summed E-state index contributed by atoms with van der Waals surface area (Å²) in [7, 11) is -14.7. The summed E-state index contributed by atoms with van der Waals surface area (Å²) < 4.78 is 101. The maximum absolute atomic E-state index is 12.3. The maximum Gasteiger partial charge on any atom is 0.298 e. The lowest BCUT2D eigenvalue weighted by molar-refractivity contribution is 0.444. The highest BCUT2D eigenvalue weighted by Crippen LogP contribution is 2.45. The van der Waals surface area contributed by atoms with E-state index in [2.05, 4.69) is 25.8 Å². The van der Waals surface area contributed by atoms with E-state index in [-0.39, 0.29) is 32.9 Å². The fourth-order valence-corrected chi connectivity index (χ4v) is 7.76. The van der Waals surface area contributed by atoms with E-state index in [1.54, 1.807) is 12.1 Å². The van der Waals surface area contributed by atoms with Crippen LogP contribution in [0.15, 0.2) is 150 Å². The smallest absolute Gasteiger partial charge is 0.298 e.